The molecule has 1 N–H and O–H groups in total. The Morgan fingerprint density at radius 2 is 2.00 bits per heavy atom. The van der Waals surface area contributed by atoms with Gasteiger partial charge in [-0.05, 0) is 30.7 Å². The Hall–Kier alpha value is -0.610. The molecule has 2 nitrogen and oxygen atoms in total. The van der Waals surface area contributed by atoms with Gasteiger partial charge in [-0.3, -0.25) is 0 Å². The summed E-state index contributed by atoms with van der Waals surface area (Å²) in [6, 6.07) is 8.07. The molecule has 2 heterocycles. The Morgan fingerprint density at radius 1 is 1.27 bits per heavy atom. The Balaban J connectivity index is 0.000000853. The first kappa shape index (κ1) is 10.9. The first-order valence-electron chi connectivity index (χ1n) is 5.08. The van der Waals surface area contributed by atoms with E-state index in [-0.39, 0.29) is 22.8 Å². The molecule has 0 amide bonds. The van der Waals surface area contributed by atoms with Crippen molar-refractivity contribution in [2.24, 2.45) is 0 Å². The van der Waals surface area contributed by atoms with Crippen LogP contribution in [-0.4, -0.2) is 25.2 Å². The number of piperazine rings is 1. The molecule has 2 aliphatic heterocycles. The van der Waals surface area contributed by atoms with E-state index in [0.29, 0.717) is 12.1 Å². The van der Waals surface area contributed by atoms with Gasteiger partial charge in [0.05, 0.1) is 0 Å². The fourth-order valence-electron chi connectivity index (χ4n) is 2.51. The second-order valence-corrected chi connectivity index (χ2v) is 4.12. The number of nitrogens with one attached hydrogen (secondary N) is 1. The number of nitrogens with zero attached hydrogens (tertiary/aromatic N) is 1. The van der Waals surface area contributed by atoms with E-state index in [4.69, 9.17) is 0 Å². The molecular formula is C11H14BrFN2. The van der Waals surface area contributed by atoms with Crippen molar-refractivity contribution in [1.29, 1.82) is 0 Å². The topological polar surface area (TPSA) is 15.3 Å². The molecule has 0 radical (unpaired) electrons. The minimum Gasteiger partial charge on any atom is -0.366 e. The molecule has 2 aliphatic rings. The number of hydrogen-bond donors (Lipinski definition) is 1. The minimum absolute atomic E-state index is 0. The van der Waals surface area contributed by atoms with E-state index >= 15 is 0 Å². The van der Waals surface area contributed by atoms with Crippen LogP contribution in [0.1, 0.15) is 6.42 Å². The van der Waals surface area contributed by atoms with E-state index in [2.05, 4.69) is 10.2 Å². The van der Waals surface area contributed by atoms with Gasteiger partial charge < -0.3 is 10.2 Å². The standard InChI is InChI=1S/C11H13FN2.BrH/c12-8-1-3-10(4-2-8)14-7-9-5-11(14)6-13-9;/h1-4,9,11,13H,5-7H2;1H. The van der Waals surface area contributed by atoms with Crippen molar-refractivity contribution in [2.75, 3.05) is 18.0 Å². The normalized spacial score (nSPS) is 27.9. The highest BCUT2D eigenvalue weighted by Crippen LogP contribution is 2.29. The van der Waals surface area contributed by atoms with Crippen LogP contribution in [0.2, 0.25) is 0 Å². The summed E-state index contributed by atoms with van der Waals surface area (Å²) in [6.07, 6.45) is 1.23. The molecular weight excluding hydrogens is 259 g/mol. The highest BCUT2D eigenvalue weighted by Gasteiger charge is 2.37. The fourth-order valence-corrected chi connectivity index (χ4v) is 2.51. The summed E-state index contributed by atoms with van der Waals surface area (Å²) in [5.74, 6) is -0.156. The van der Waals surface area contributed by atoms with E-state index < -0.39 is 0 Å². The monoisotopic (exact) mass is 272 g/mol. The van der Waals surface area contributed by atoms with Crippen molar-refractivity contribution in [3.8, 4) is 0 Å². The second kappa shape index (κ2) is 4.10. The lowest BCUT2D eigenvalue weighted by molar-refractivity contribution is 0.579. The molecule has 0 aliphatic carbocycles. The molecule has 82 valence electrons. The van der Waals surface area contributed by atoms with Gasteiger partial charge in [-0.1, -0.05) is 0 Å². The van der Waals surface area contributed by atoms with E-state index in [9.17, 15) is 4.39 Å². The summed E-state index contributed by atoms with van der Waals surface area (Å²) in [7, 11) is 0. The van der Waals surface area contributed by atoms with Crippen LogP contribution in [0.3, 0.4) is 0 Å². The van der Waals surface area contributed by atoms with Crippen molar-refractivity contribution in [1.82, 2.24) is 5.32 Å². The smallest absolute Gasteiger partial charge is 0.123 e. The van der Waals surface area contributed by atoms with E-state index in [1.807, 2.05) is 12.1 Å². The molecule has 2 saturated heterocycles. The first-order valence-corrected chi connectivity index (χ1v) is 5.08. The average molecular weight is 273 g/mol. The zero-order valence-electron chi connectivity index (χ0n) is 8.32. The lowest BCUT2D eigenvalue weighted by atomic mass is 10.2. The van der Waals surface area contributed by atoms with E-state index in [0.717, 1.165) is 18.8 Å². The van der Waals surface area contributed by atoms with Gasteiger partial charge in [0.1, 0.15) is 5.82 Å². The molecule has 1 aromatic rings. The SMILES string of the molecule is Br.Fc1ccc(N2CC3CC2CN3)cc1. The first-order chi connectivity index (χ1) is 6.83. The predicted octanol–water partition coefficient (Wildman–Crippen LogP) is 1.95. The van der Waals surface area contributed by atoms with E-state index in [1.165, 1.54) is 18.6 Å². The Bertz CT molecular complexity index is 341. The van der Waals surface area contributed by atoms with Crippen LogP contribution in [-0.2, 0) is 0 Å². The maximum atomic E-state index is 12.7. The zero-order chi connectivity index (χ0) is 9.54. The predicted molar refractivity (Wildman–Crippen MR) is 64.3 cm³/mol. The van der Waals surface area contributed by atoms with Crippen molar-refractivity contribution in [3.63, 3.8) is 0 Å². The minimum atomic E-state index is -0.156. The molecule has 1 aromatic carbocycles. The zero-order valence-corrected chi connectivity index (χ0v) is 10.0. The second-order valence-electron chi connectivity index (χ2n) is 4.12. The van der Waals surface area contributed by atoms with Crippen LogP contribution in [0.5, 0.6) is 0 Å². The van der Waals surface area contributed by atoms with Crippen LogP contribution in [0.25, 0.3) is 0 Å². The summed E-state index contributed by atoms with van der Waals surface area (Å²) in [4.78, 5) is 2.38. The summed E-state index contributed by atoms with van der Waals surface area (Å²) in [5, 5.41) is 3.45. The lowest BCUT2D eigenvalue weighted by Crippen LogP contribution is -2.43. The molecule has 2 atom stereocenters. The highest BCUT2D eigenvalue weighted by molar-refractivity contribution is 8.93. The van der Waals surface area contributed by atoms with Gasteiger partial charge in [0.25, 0.3) is 0 Å². The highest BCUT2D eigenvalue weighted by atomic mass is 79.9. The van der Waals surface area contributed by atoms with Crippen molar-refractivity contribution in [3.05, 3.63) is 30.1 Å². The van der Waals surface area contributed by atoms with Gasteiger partial charge in [0.2, 0.25) is 0 Å². The molecule has 15 heavy (non-hydrogen) atoms. The van der Waals surface area contributed by atoms with E-state index in [1.54, 1.807) is 0 Å². The number of anilines is 1. The molecule has 0 spiro atoms. The van der Waals surface area contributed by atoms with Gasteiger partial charge in [-0.2, -0.15) is 0 Å². The van der Waals surface area contributed by atoms with Gasteiger partial charge in [0, 0.05) is 30.9 Å². The van der Waals surface area contributed by atoms with Crippen molar-refractivity contribution < 1.29 is 4.39 Å². The largest absolute Gasteiger partial charge is 0.366 e. The molecule has 0 saturated carbocycles. The summed E-state index contributed by atoms with van der Waals surface area (Å²) < 4.78 is 12.7. The Labute approximate surface area is 99.2 Å². The molecule has 2 bridgehead atoms. The third-order valence-electron chi connectivity index (χ3n) is 3.21. The average Bonchev–Trinajstić information content (AvgIpc) is 2.80. The summed E-state index contributed by atoms with van der Waals surface area (Å²) in [5.41, 5.74) is 1.15. The van der Waals surface area contributed by atoms with Crippen LogP contribution in [0.4, 0.5) is 10.1 Å². The van der Waals surface area contributed by atoms with Crippen LogP contribution < -0.4 is 10.2 Å². The number of fused-ring (bicyclic) bond motifs is 2. The molecule has 0 aromatic heterocycles. The molecule has 2 unspecified atom stereocenters. The van der Waals surface area contributed by atoms with Gasteiger partial charge >= 0.3 is 0 Å². The van der Waals surface area contributed by atoms with Gasteiger partial charge in [-0.25, -0.2) is 4.39 Å². The molecule has 4 heteroatoms. The van der Waals surface area contributed by atoms with Gasteiger partial charge in [-0.15, -0.1) is 17.0 Å². The van der Waals surface area contributed by atoms with Crippen molar-refractivity contribution in [2.45, 2.75) is 18.5 Å². The number of benzene rings is 1. The third-order valence-corrected chi connectivity index (χ3v) is 3.21. The summed E-state index contributed by atoms with van der Waals surface area (Å²) in [6.45, 7) is 2.14. The van der Waals surface area contributed by atoms with Crippen molar-refractivity contribution >= 4 is 22.7 Å². The number of rotatable bonds is 1. The van der Waals surface area contributed by atoms with Crippen LogP contribution >= 0.6 is 17.0 Å². The molecule has 2 fully saturated rings. The van der Waals surface area contributed by atoms with Gasteiger partial charge in [0.15, 0.2) is 0 Å². The summed E-state index contributed by atoms with van der Waals surface area (Å²) >= 11 is 0. The quantitative estimate of drug-likeness (QED) is 0.841. The lowest BCUT2D eigenvalue weighted by Gasteiger charge is -2.29. The van der Waals surface area contributed by atoms with Crippen LogP contribution in [0, 0.1) is 5.82 Å². The van der Waals surface area contributed by atoms with Crippen LogP contribution in [0.15, 0.2) is 24.3 Å². The number of hydrogen-bond acceptors (Lipinski definition) is 2. The molecule has 3 rings (SSSR count). The Morgan fingerprint density at radius 3 is 2.53 bits per heavy atom. The maximum Gasteiger partial charge on any atom is 0.123 e. The number of halogens is 2. The maximum absolute atomic E-state index is 12.7. The fraction of sp³-hybridized carbons (Fsp3) is 0.455. The third kappa shape index (κ3) is 1.88. The Kier molecular flexibility index (Phi) is 2.98.